The van der Waals surface area contributed by atoms with Crippen LogP contribution < -0.4 is 14.4 Å². The SMILES string of the molecule is COc1ccc(-c2nc3ccc(-c4nc5ccc(N6CCN(C)CC6)cc5[nH]4)cc3[nH]2)cc1OC.Cl.Cl.Cl. The van der Waals surface area contributed by atoms with Gasteiger partial charge in [0.05, 0.1) is 36.3 Å². The number of benzene rings is 3. The summed E-state index contributed by atoms with van der Waals surface area (Å²) in [5.41, 5.74) is 7.04. The largest absolute Gasteiger partial charge is 0.493 e. The molecule has 0 atom stereocenters. The molecule has 1 aliphatic heterocycles. The van der Waals surface area contributed by atoms with Crippen LogP contribution in [-0.2, 0) is 0 Å². The Morgan fingerprint density at radius 2 is 1.21 bits per heavy atom. The number of likely N-dealkylation sites (N-methyl/N-ethyl adjacent to an activating group) is 1. The molecule has 0 radical (unpaired) electrons. The van der Waals surface area contributed by atoms with E-state index in [1.54, 1.807) is 14.2 Å². The summed E-state index contributed by atoms with van der Waals surface area (Å²) in [5, 5.41) is 0. The van der Waals surface area contributed by atoms with E-state index in [-0.39, 0.29) is 37.2 Å². The van der Waals surface area contributed by atoms with E-state index in [9.17, 15) is 0 Å². The normalized spacial score (nSPS) is 13.5. The highest BCUT2D eigenvalue weighted by molar-refractivity contribution is 5.87. The topological polar surface area (TPSA) is 82.3 Å². The van der Waals surface area contributed by atoms with E-state index in [2.05, 4.69) is 57.1 Å². The molecule has 3 aromatic carbocycles. The fraction of sp³-hybridized carbons (Fsp3) is 0.259. The Hall–Kier alpha value is -3.17. The molecule has 202 valence electrons. The first kappa shape index (κ1) is 29.4. The van der Waals surface area contributed by atoms with Crippen molar-refractivity contribution in [3.63, 3.8) is 0 Å². The first-order valence-electron chi connectivity index (χ1n) is 11.8. The van der Waals surface area contributed by atoms with Crippen molar-refractivity contribution in [2.75, 3.05) is 52.3 Å². The van der Waals surface area contributed by atoms with Crippen LogP contribution in [-0.4, -0.2) is 72.3 Å². The molecule has 1 fully saturated rings. The van der Waals surface area contributed by atoms with E-state index in [1.165, 1.54) is 5.69 Å². The van der Waals surface area contributed by atoms with Gasteiger partial charge in [0, 0.05) is 43.0 Å². The van der Waals surface area contributed by atoms with Gasteiger partial charge in [-0.2, -0.15) is 0 Å². The molecule has 2 N–H and O–H groups in total. The maximum absolute atomic E-state index is 5.45. The molecule has 2 aromatic heterocycles. The second-order valence-corrected chi connectivity index (χ2v) is 8.96. The van der Waals surface area contributed by atoms with Crippen molar-refractivity contribution in [2.24, 2.45) is 0 Å². The van der Waals surface area contributed by atoms with Crippen molar-refractivity contribution in [3.8, 4) is 34.3 Å². The molecule has 3 heterocycles. The molecule has 6 rings (SSSR count). The summed E-state index contributed by atoms with van der Waals surface area (Å²) in [7, 11) is 5.44. The summed E-state index contributed by atoms with van der Waals surface area (Å²) in [6.45, 7) is 4.26. The Morgan fingerprint density at radius 3 is 1.84 bits per heavy atom. The van der Waals surface area contributed by atoms with Gasteiger partial charge in [0.1, 0.15) is 11.6 Å². The number of ether oxygens (including phenoxy) is 2. The Morgan fingerprint density at radius 1 is 0.658 bits per heavy atom. The number of H-pyrrole nitrogens is 2. The molecule has 0 aliphatic carbocycles. The van der Waals surface area contributed by atoms with E-state index in [1.807, 2.05) is 24.3 Å². The van der Waals surface area contributed by atoms with Crippen molar-refractivity contribution in [1.29, 1.82) is 0 Å². The van der Waals surface area contributed by atoms with Crippen molar-refractivity contribution in [1.82, 2.24) is 24.8 Å². The predicted molar refractivity (Wildman–Crippen MR) is 161 cm³/mol. The maximum atomic E-state index is 5.45. The fourth-order valence-corrected chi connectivity index (χ4v) is 4.67. The van der Waals surface area contributed by atoms with E-state index in [0.29, 0.717) is 11.5 Å². The van der Waals surface area contributed by atoms with E-state index in [0.717, 1.165) is 71.0 Å². The molecule has 1 saturated heterocycles. The Kier molecular flexibility index (Phi) is 9.38. The maximum Gasteiger partial charge on any atom is 0.161 e. The number of methoxy groups -OCH3 is 2. The second-order valence-electron chi connectivity index (χ2n) is 8.96. The van der Waals surface area contributed by atoms with Gasteiger partial charge in [-0.05, 0) is 61.6 Å². The highest BCUT2D eigenvalue weighted by atomic mass is 35.5. The lowest BCUT2D eigenvalue weighted by atomic mass is 10.2. The summed E-state index contributed by atoms with van der Waals surface area (Å²) in [6.07, 6.45) is 0. The first-order valence-corrected chi connectivity index (χ1v) is 11.8. The number of hydrogen-bond acceptors (Lipinski definition) is 6. The Bertz CT molecular complexity index is 1530. The number of piperazine rings is 1. The van der Waals surface area contributed by atoms with Crippen molar-refractivity contribution in [2.45, 2.75) is 0 Å². The first-order chi connectivity index (χ1) is 17.1. The highest BCUT2D eigenvalue weighted by Gasteiger charge is 2.16. The molecule has 0 spiro atoms. The number of hydrogen-bond donors (Lipinski definition) is 2. The van der Waals surface area contributed by atoms with Gasteiger partial charge in [0.25, 0.3) is 0 Å². The number of fused-ring (bicyclic) bond motifs is 2. The molecular weight excluding hydrogens is 547 g/mol. The zero-order valence-corrected chi connectivity index (χ0v) is 23.8. The van der Waals surface area contributed by atoms with Gasteiger partial charge in [0.15, 0.2) is 11.5 Å². The van der Waals surface area contributed by atoms with Gasteiger partial charge in [-0.3, -0.25) is 0 Å². The summed E-state index contributed by atoms with van der Waals surface area (Å²) in [4.78, 5) is 21.4. The minimum Gasteiger partial charge on any atom is -0.493 e. The number of rotatable bonds is 5. The van der Waals surface area contributed by atoms with Crippen LogP contribution in [0.3, 0.4) is 0 Å². The molecule has 0 unspecified atom stereocenters. The number of nitrogens with zero attached hydrogens (tertiary/aromatic N) is 4. The van der Waals surface area contributed by atoms with Gasteiger partial charge in [-0.15, -0.1) is 37.2 Å². The van der Waals surface area contributed by atoms with Crippen LogP contribution in [0.4, 0.5) is 5.69 Å². The van der Waals surface area contributed by atoms with E-state index in [4.69, 9.17) is 19.4 Å². The monoisotopic (exact) mass is 576 g/mol. The smallest absolute Gasteiger partial charge is 0.161 e. The molecule has 0 amide bonds. The summed E-state index contributed by atoms with van der Waals surface area (Å²) >= 11 is 0. The van der Waals surface area contributed by atoms with Crippen molar-refractivity contribution >= 4 is 65.0 Å². The van der Waals surface area contributed by atoms with Gasteiger partial charge < -0.3 is 29.2 Å². The van der Waals surface area contributed by atoms with Crippen molar-refractivity contribution < 1.29 is 9.47 Å². The number of aromatic amines is 2. The van der Waals surface area contributed by atoms with Crippen LogP contribution in [0.15, 0.2) is 54.6 Å². The average molecular weight is 578 g/mol. The number of anilines is 1. The molecule has 5 aromatic rings. The number of nitrogens with one attached hydrogen (secondary N) is 2. The van der Waals surface area contributed by atoms with Crippen LogP contribution in [0.25, 0.3) is 44.8 Å². The third-order valence-electron chi connectivity index (χ3n) is 6.75. The Labute approximate surface area is 240 Å². The van der Waals surface area contributed by atoms with Crippen LogP contribution in [0, 0.1) is 0 Å². The third-order valence-corrected chi connectivity index (χ3v) is 6.75. The molecule has 0 bridgehead atoms. The van der Waals surface area contributed by atoms with Crippen LogP contribution in [0.1, 0.15) is 0 Å². The Balaban J connectivity index is 0.00000133. The molecular formula is C27H31Cl3N6O2. The molecule has 11 heteroatoms. The number of imidazole rings is 2. The number of aromatic nitrogens is 4. The lowest BCUT2D eigenvalue weighted by Crippen LogP contribution is -2.44. The predicted octanol–water partition coefficient (Wildman–Crippen LogP) is 5.81. The molecule has 38 heavy (non-hydrogen) atoms. The van der Waals surface area contributed by atoms with Gasteiger partial charge in [-0.25, -0.2) is 9.97 Å². The molecule has 1 aliphatic rings. The zero-order chi connectivity index (χ0) is 23.9. The lowest BCUT2D eigenvalue weighted by molar-refractivity contribution is 0.313. The third kappa shape index (κ3) is 5.49. The highest BCUT2D eigenvalue weighted by Crippen LogP contribution is 2.33. The van der Waals surface area contributed by atoms with E-state index < -0.39 is 0 Å². The zero-order valence-electron chi connectivity index (χ0n) is 21.4. The van der Waals surface area contributed by atoms with Gasteiger partial charge in [0.2, 0.25) is 0 Å². The summed E-state index contributed by atoms with van der Waals surface area (Å²) in [6, 6.07) is 18.4. The van der Waals surface area contributed by atoms with Gasteiger partial charge >= 0.3 is 0 Å². The van der Waals surface area contributed by atoms with E-state index >= 15 is 0 Å². The van der Waals surface area contributed by atoms with Crippen molar-refractivity contribution in [3.05, 3.63) is 54.6 Å². The fourth-order valence-electron chi connectivity index (χ4n) is 4.67. The minimum atomic E-state index is 0. The van der Waals surface area contributed by atoms with Crippen LogP contribution in [0.5, 0.6) is 11.5 Å². The van der Waals surface area contributed by atoms with Crippen LogP contribution >= 0.6 is 37.2 Å². The van der Waals surface area contributed by atoms with Gasteiger partial charge in [-0.1, -0.05) is 0 Å². The molecule has 8 nitrogen and oxygen atoms in total. The standard InChI is InChI=1S/C27H28N6O2.3ClH/c1-32-10-12-33(13-11-32)19-6-8-21-23(16-19)31-26(29-21)17-4-7-20-22(14-17)30-27(28-20)18-5-9-24(34-2)25(15-18)35-3;;;/h4-9,14-16H,10-13H2,1-3H3,(H,28,30)(H,29,31);3*1H. The quantitative estimate of drug-likeness (QED) is 0.274. The minimum absolute atomic E-state index is 0. The second kappa shape index (κ2) is 12.1. The number of halogens is 3. The summed E-state index contributed by atoms with van der Waals surface area (Å²) < 4.78 is 10.8. The molecule has 0 saturated carbocycles. The summed E-state index contributed by atoms with van der Waals surface area (Å²) in [5.74, 6) is 2.99. The lowest BCUT2D eigenvalue weighted by Gasteiger charge is -2.34. The van der Waals surface area contributed by atoms with Crippen LogP contribution in [0.2, 0.25) is 0 Å². The average Bonchev–Trinajstić information content (AvgIpc) is 3.52.